The summed E-state index contributed by atoms with van der Waals surface area (Å²) in [5, 5.41) is 16.5. The van der Waals surface area contributed by atoms with Gasteiger partial charge in [0.25, 0.3) is 5.91 Å². The molecule has 1 aliphatic carbocycles. The molecule has 0 radical (unpaired) electrons. The first-order chi connectivity index (χ1) is 16.0. The first kappa shape index (κ1) is 23.0. The number of carbonyl (C=O) groups is 2. The third-order valence-electron chi connectivity index (χ3n) is 5.89. The lowest BCUT2D eigenvalue weighted by Gasteiger charge is -2.30. The Morgan fingerprint density at radius 1 is 1.21 bits per heavy atom. The molecule has 2 aromatic rings. The van der Waals surface area contributed by atoms with E-state index in [2.05, 4.69) is 20.6 Å². The van der Waals surface area contributed by atoms with E-state index < -0.39 is 0 Å². The number of amides is 2. The van der Waals surface area contributed by atoms with Gasteiger partial charge < -0.3 is 5.32 Å². The molecular formula is C25H28ClN5O2. The molecule has 172 valence electrons. The number of nitrogens with one attached hydrogen (secondary N) is 2. The Hall–Kier alpha value is -3.19. The van der Waals surface area contributed by atoms with Crippen LogP contribution in [0, 0.1) is 6.92 Å². The van der Waals surface area contributed by atoms with Crippen LogP contribution in [0.1, 0.15) is 61.0 Å². The minimum Gasteiger partial charge on any atom is -0.322 e. The van der Waals surface area contributed by atoms with Crippen molar-refractivity contribution in [2.24, 2.45) is 5.10 Å². The van der Waals surface area contributed by atoms with Crippen molar-refractivity contribution in [2.75, 3.05) is 0 Å². The summed E-state index contributed by atoms with van der Waals surface area (Å²) in [5.41, 5.74) is 3.36. The first-order valence-corrected chi connectivity index (χ1v) is 11.7. The molecule has 1 saturated carbocycles. The number of halogens is 1. The van der Waals surface area contributed by atoms with Crippen LogP contribution in [-0.4, -0.2) is 39.3 Å². The van der Waals surface area contributed by atoms with E-state index in [1.54, 1.807) is 35.5 Å². The van der Waals surface area contributed by atoms with E-state index >= 15 is 0 Å². The molecule has 0 unspecified atom stereocenters. The molecule has 1 aliphatic heterocycles. The summed E-state index contributed by atoms with van der Waals surface area (Å²) in [7, 11) is 0. The van der Waals surface area contributed by atoms with Crippen LogP contribution in [-0.2, 0) is 4.79 Å². The summed E-state index contributed by atoms with van der Waals surface area (Å²) >= 11 is 6.33. The number of benzene rings is 1. The maximum atomic E-state index is 13.0. The molecule has 1 aromatic carbocycles. The zero-order chi connectivity index (χ0) is 23.2. The van der Waals surface area contributed by atoms with Crippen molar-refractivity contribution < 1.29 is 9.59 Å². The van der Waals surface area contributed by atoms with Crippen LogP contribution in [0.3, 0.4) is 0 Å². The van der Waals surface area contributed by atoms with E-state index in [1.807, 2.05) is 25.1 Å². The third kappa shape index (κ3) is 5.79. The number of aromatic amines is 1. The predicted octanol–water partition coefficient (Wildman–Crippen LogP) is 5.15. The van der Waals surface area contributed by atoms with Gasteiger partial charge in [0, 0.05) is 36.0 Å². The molecule has 0 saturated heterocycles. The lowest BCUT2D eigenvalue weighted by atomic mass is 9.95. The molecule has 2 aliphatic rings. The number of hydrogen-bond acceptors (Lipinski definition) is 4. The molecule has 7 nitrogen and oxygen atoms in total. The Kier molecular flexibility index (Phi) is 7.40. The fourth-order valence-electron chi connectivity index (χ4n) is 4.15. The van der Waals surface area contributed by atoms with Crippen LogP contribution in [0.5, 0.6) is 0 Å². The predicted molar refractivity (Wildman–Crippen MR) is 130 cm³/mol. The van der Waals surface area contributed by atoms with Crippen molar-refractivity contribution in [3.63, 3.8) is 0 Å². The average Bonchev–Trinajstić information content (AvgIpc) is 3.26. The molecule has 1 aromatic heterocycles. The second kappa shape index (κ2) is 10.6. The molecule has 4 rings (SSSR count). The zero-order valence-corrected chi connectivity index (χ0v) is 19.4. The van der Waals surface area contributed by atoms with Crippen molar-refractivity contribution in [2.45, 2.75) is 57.9 Å². The highest BCUT2D eigenvalue weighted by Gasteiger charge is 2.24. The topological polar surface area (TPSA) is 90.4 Å². The van der Waals surface area contributed by atoms with Gasteiger partial charge in [-0.2, -0.15) is 10.2 Å². The average molecular weight is 466 g/mol. The summed E-state index contributed by atoms with van der Waals surface area (Å²) in [4.78, 5) is 25.9. The normalized spacial score (nSPS) is 17.7. The van der Waals surface area contributed by atoms with Gasteiger partial charge in [0.05, 0.1) is 22.3 Å². The largest absolute Gasteiger partial charge is 0.322 e. The van der Waals surface area contributed by atoms with Gasteiger partial charge in [0.2, 0.25) is 5.91 Å². The lowest BCUT2D eigenvalue weighted by molar-refractivity contribution is -0.133. The van der Waals surface area contributed by atoms with Crippen LogP contribution in [0.25, 0.3) is 11.3 Å². The highest BCUT2D eigenvalue weighted by molar-refractivity contribution is 6.34. The highest BCUT2D eigenvalue weighted by atomic mass is 35.5. The quantitative estimate of drug-likeness (QED) is 0.654. The Bertz CT molecular complexity index is 1110. The molecule has 0 spiro atoms. The number of carbonyl (C=O) groups excluding carboxylic acids is 2. The second-order valence-electron chi connectivity index (χ2n) is 8.41. The molecule has 0 bridgehead atoms. The minimum absolute atomic E-state index is 0.0610. The molecule has 33 heavy (non-hydrogen) atoms. The van der Waals surface area contributed by atoms with Crippen LogP contribution >= 0.6 is 11.6 Å². The van der Waals surface area contributed by atoms with Crippen molar-refractivity contribution in [1.82, 2.24) is 20.5 Å². The first-order valence-electron chi connectivity index (χ1n) is 11.4. The lowest BCUT2D eigenvalue weighted by Crippen LogP contribution is -2.37. The monoisotopic (exact) mass is 465 g/mol. The minimum atomic E-state index is -0.340. The number of aromatic nitrogens is 2. The van der Waals surface area contributed by atoms with Crippen molar-refractivity contribution >= 4 is 29.6 Å². The third-order valence-corrected chi connectivity index (χ3v) is 6.22. The summed E-state index contributed by atoms with van der Waals surface area (Å²) in [6, 6.07) is 7.30. The van der Waals surface area contributed by atoms with Crippen LogP contribution in [0.15, 0.2) is 53.3 Å². The number of nitrogens with zero attached hydrogens (tertiary/aromatic N) is 3. The number of allylic oxidation sites excluding steroid dienone is 2. The molecule has 2 amide bonds. The smallest absolute Gasteiger partial charge is 0.257 e. The van der Waals surface area contributed by atoms with Gasteiger partial charge in [-0.1, -0.05) is 49.1 Å². The Labute approximate surface area is 198 Å². The Morgan fingerprint density at radius 2 is 2.03 bits per heavy atom. The van der Waals surface area contributed by atoms with E-state index in [0.29, 0.717) is 22.7 Å². The van der Waals surface area contributed by atoms with Crippen LogP contribution in [0.2, 0.25) is 5.02 Å². The summed E-state index contributed by atoms with van der Waals surface area (Å²) in [5.74, 6) is -0.401. The molecular weight excluding hydrogens is 438 g/mol. The standard InChI is InChI=1S/C25H28ClN5O2/c1-17-15-23(30-29-17)18-10-12-22(26)21(16-18)25(33)28-19-7-5-6-14-27-31(24(32)13-11-19)20-8-3-2-4-9-20/h5,7,10-12,14-16,20H,2-4,6,8-9,13H2,1H3,(H,28,33)(H,29,30). The number of rotatable bonds is 4. The molecule has 2 heterocycles. The van der Waals surface area contributed by atoms with Gasteiger partial charge in [-0.3, -0.25) is 14.7 Å². The fourth-order valence-corrected chi connectivity index (χ4v) is 4.36. The van der Waals surface area contributed by atoms with E-state index in [-0.39, 0.29) is 24.3 Å². The summed E-state index contributed by atoms with van der Waals surface area (Å²) in [6.07, 6.45) is 13.3. The SMILES string of the molecule is Cc1cc(-c2ccc(Cl)c(C(=O)NC3=CCC(=O)N(C4CCCCC4)N=CCC=C3)c2)n[nH]1. The van der Waals surface area contributed by atoms with Gasteiger partial charge >= 0.3 is 0 Å². The van der Waals surface area contributed by atoms with Gasteiger partial charge in [0.1, 0.15) is 0 Å². The highest BCUT2D eigenvalue weighted by Crippen LogP contribution is 2.26. The van der Waals surface area contributed by atoms with Crippen molar-refractivity contribution in [1.29, 1.82) is 0 Å². The number of hydrogen-bond donors (Lipinski definition) is 2. The molecule has 0 atom stereocenters. The number of H-pyrrole nitrogens is 1. The second-order valence-corrected chi connectivity index (χ2v) is 8.82. The van der Waals surface area contributed by atoms with Gasteiger partial charge in [0.15, 0.2) is 0 Å². The van der Waals surface area contributed by atoms with Gasteiger partial charge in [-0.15, -0.1) is 0 Å². The molecule has 1 fully saturated rings. The van der Waals surface area contributed by atoms with Crippen molar-refractivity contribution in [3.05, 3.63) is 64.5 Å². The number of hydrazone groups is 1. The van der Waals surface area contributed by atoms with Gasteiger partial charge in [-0.25, -0.2) is 5.01 Å². The van der Waals surface area contributed by atoms with Gasteiger partial charge in [-0.05, 0) is 44.0 Å². The van der Waals surface area contributed by atoms with E-state index in [1.165, 1.54) is 6.42 Å². The molecule has 8 heteroatoms. The summed E-state index contributed by atoms with van der Waals surface area (Å²) < 4.78 is 0. The Morgan fingerprint density at radius 3 is 2.79 bits per heavy atom. The van der Waals surface area contributed by atoms with Crippen LogP contribution < -0.4 is 5.32 Å². The van der Waals surface area contributed by atoms with E-state index in [0.717, 1.165) is 42.6 Å². The zero-order valence-electron chi connectivity index (χ0n) is 18.7. The molecule has 2 N–H and O–H groups in total. The Balaban J connectivity index is 1.51. The fraction of sp³-hybridized carbons (Fsp3) is 0.360. The van der Waals surface area contributed by atoms with Crippen LogP contribution in [0.4, 0.5) is 0 Å². The maximum absolute atomic E-state index is 13.0. The summed E-state index contributed by atoms with van der Waals surface area (Å²) in [6.45, 7) is 1.92. The van der Waals surface area contributed by atoms with Crippen molar-refractivity contribution in [3.8, 4) is 11.3 Å². The van der Waals surface area contributed by atoms with E-state index in [9.17, 15) is 9.59 Å². The number of aryl methyl sites for hydroxylation is 1. The van der Waals surface area contributed by atoms with E-state index in [4.69, 9.17) is 11.6 Å². The maximum Gasteiger partial charge on any atom is 0.257 e.